The zero-order chi connectivity index (χ0) is 14.2. The van der Waals surface area contributed by atoms with Crippen molar-refractivity contribution in [3.8, 4) is 0 Å². The van der Waals surface area contributed by atoms with E-state index >= 15 is 0 Å². The van der Waals surface area contributed by atoms with E-state index < -0.39 is 19.8 Å². The molecule has 2 aliphatic rings. The van der Waals surface area contributed by atoms with Gasteiger partial charge >= 0.3 is 119 Å². The van der Waals surface area contributed by atoms with Gasteiger partial charge in [-0.15, -0.1) is 0 Å². The Labute approximate surface area is 119 Å². The predicted molar refractivity (Wildman–Crippen MR) is 70.7 cm³/mol. The molecule has 0 aromatic carbocycles. The van der Waals surface area contributed by atoms with Crippen molar-refractivity contribution in [2.24, 2.45) is 11.8 Å². The third kappa shape index (κ3) is 3.41. The van der Waals surface area contributed by atoms with E-state index in [1.54, 1.807) is 0 Å². The van der Waals surface area contributed by atoms with E-state index in [9.17, 15) is 9.59 Å². The molecule has 19 heavy (non-hydrogen) atoms. The Morgan fingerprint density at radius 1 is 0.947 bits per heavy atom. The third-order valence-corrected chi connectivity index (χ3v) is 10.1. The SMILES string of the molecule is CC(C)C[C@@H]1[NH][Sn]2([NH][C@@H](CC(C)C)C(=O)[O]2)[O]C1=O. The van der Waals surface area contributed by atoms with E-state index in [4.69, 9.17) is 6.15 Å². The van der Waals surface area contributed by atoms with Crippen LogP contribution in [0.1, 0.15) is 40.5 Å². The Kier molecular flexibility index (Phi) is 4.41. The molecule has 2 rings (SSSR count). The summed E-state index contributed by atoms with van der Waals surface area (Å²) in [6.45, 7) is 8.19. The van der Waals surface area contributed by atoms with Crippen molar-refractivity contribution in [1.29, 1.82) is 0 Å². The number of carbonyl (C=O) groups excluding carboxylic acids is 2. The van der Waals surface area contributed by atoms with Crippen LogP contribution in [0.25, 0.3) is 0 Å². The number of carbonyl (C=O) groups is 2. The summed E-state index contributed by atoms with van der Waals surface area (Å²) in [5.41, 5.74) is 0. The maximum atomic E-state index is 11.8. The topological polar surface area (TPSA) is 76.7 Å². The average molecular weight is 377 g/mol. The van der Waals surface area contributed by atoms with Crippen LogP contribution in [-0.2, 0) is 15.7 Å². The van der Waals surface area contributed by atoms with E-state index in [2.05, 4.69) is 7.08 Å². The molecule has 0 amide bonds. The number of hydrogen-bond donors (Lipinski definition) is 2. The molecule has 2 atom stereocenters. The van der Waals surface area contributed by atoms with E-state index in [0.717, 1.165) is 0 Å². The molecule has 2 aliphatic heterocycles. The van der Waals surface area contributed by atoms with Crippen LogP contribution in [0.5, 0.6) is 0 Å². The molecule has 0 unspecified atom stereocenters. The Hall–Kier alpha value is -0.341. The zero-order valence-corrected chi connectivity index (χ0v) is 14.7. The van der Waals surface area contributed by atoms with Crippen LogP contribution < -0.4 is 7.08 Å². The fourth-order valence-corrected chi connectivity index (χ4v) is 9.86. The molecular formula is C12H22N2O4Sn. The van der Waals surface area contributed by atoms with Gasteiger partial charge in [-0.1, -0.05) is 0 Å². The first-order chi connectivity index (χ1) is 8.81. The average Bonchev–Trinajstić information content (AvgIpc) is 2.67. The summed E-state index contributed by atoms with van der Waals surface area (Å²) in [6.07, 6.45) is 1.40. The summed E-state index contributed by atoms with van der Waals surface area (Å²) in [7, 11) is 0. The Bertz CT molecular complexity index is 350. The van der Waals surface area contributed by atoms with Gasteiger partial charge in [0.2, 0.25) is 0 Å². The standard InChI is InChI=1S/2C6H12NO2.Sn/c2*1-4(2)3-5(7)6(8)9;/h2*4-5,7H,3H2,1-2H3,(H,8,9);/q2*-1;+4/p-2/t2*5-;/m00./s1. The molecule has 2 fully saturated rings. The second-order valence-electron chi connectivity index (χ2n) is 6.11. The Balaban J connectivity index is 2.02. The number of nitrogens with one attached hydrogen (secondary N) is 2. The van der Waals surface area contributed by atoms with Crippen molar-refractivity contribution in [3.63, 3.8) is 0 Å². The third-order valence-electron chi connectivity index (χ3n) is 3.20. The molecule has 7 heteroatoms. The van der Waals surface area contributed by atoms with Crippen molar-refractivity contribution in [2.75, 3.05) is 0 Å². The summed E-state index contributed by atoms with van der Waals surface area (Å²) in [6, 6.07) is -0.678. The minimum atomic E-state index is -3.87. The second-order valence-corrected chi connectivity index (χ2v) is 12.4. The summed E-state index contributed by atoms with van der Waals surface area (Å²) in [5.74, 6) is 0.204. The summed E-state index contributed by atoms with van der Waals surface area (Å²) in [5, 5.41) is 0. The normalized spacial score (nSPS) is 29.4. The maximum absolute atomic E-state index is 11.8. The molecule has 108 valence electrons. The van der Waals surface area contributed by atoms with Gasteiger partial charge in [0.1, 0.15) is 0 Å². The van der Waals surface area contributed by atoms with Gasteiger partial charge in [0.05, 0.1) is 0 Å². The van der Waals surface area contributed by atoms with Crippen LogP contribution in [0.4, 0.5) is 0 Å². The molecule has 2 N–H and O–H groups in total. The molecular weight excluding hydrogens is 355 g/mol. The van der Waals surface area contributed by atoms with Gasteiger partial charge in [-0.2, -0.15) is 0 Å². The molecule has 0 saturated carbocycles. The summed E-state index contributed by atoms with van der Waals surface area (Å²) in [4.78, 5) is 23.7. The van der Waals surface area contributed by atoms with Gasteiger partial charge in [0.15, 0.2) is 0 Å². The predicted octanol–water partition coefficient (Wildman–Crippen LogP) is 0.544. The van der Waals surface area contributed by atoms with Crippen molar-refractivity contribution in [1.82, 2.24) is 7.08 Å². The van der Waals surface area contributed by atoms with Crippen LogP contribution in [0.2, 0.25) is 0 Å². The fourth-order valence-electron chi connectivity index (χ4n) is 2.44. The van der Waals surface area contributed by atoms with Crippen molar-refractivity contribution >= 4 is 31.7 Å². The molecule has 6 nitrogen and oxygen atoms in total. The van der Waals surface area contributed by atoms with Gasteiger partial charge < -0.3 is 0 Å². The quantitative estimate of drug-likeness (QED) is 0.697. The van der Waals surface area contributed by atoms with Crippen molar-refractivity contribution in [2.45, 2.75) is 52.6 Å². The van der Waals surface area contributed by atoms with Crippen LogP contribution in [-0.4, -0.2) is 43.8 Å². The molecule has 0 bridgehead atoms. The second kappa shape index (κ2) is 5.57. The summed E-state index contributed by atoms with van der Waals surface area (Å²) < 4.78 is 17.2. The molecule has 0 aromatic heterocycles. The van der Waals surface area contributed by atoms with Crippen LogP contribution in [0, 0.1) is 11.8 Å². The summed E-state index contributed by atoms with van der Waals surface area (Å²) >= 11 is -3.87. The van der Waals surface area contributed by atoms with Crippen molar-refractivity contribution in [3.05, 3.63) is 0 Å². The monoisotopic (exact) mass is 378 g/mol. The van der Waals surface area contributed by atoms with Gasteiger partial charge in [0, 0.05) is 0 Å². The van der Waals surface area contributed by atoms with Gasteiger partial charge in [-0.3, -0.25) is 0 Å². The zero-order valence-electron chi connectivity index (χ0n) is 11.9. The molecule has 2 saturated heterocycles. The van der Waals surface area contributed by atoms with Crippen LogP contribution in [0.3, 0.4) is 0 Å². The Morgan fingerprint density at radius 3 is 1.63 bits per heavy atom. The van der Waals surface area contributed by atoms with E-state index in [1.807, 2.05) is 27.7 Å². The van der Waals surface area contributed by atoms with Crippen molar-refractivity contribution < 1.29 is 15.7 Å². The number of hydrogen-bond acceptors (Lipinski definition) is 6. The van der Waals surface area contributed by atoms with E-state index in [1.165, 1.54) is 0 Å². The molecule has 0 aliphatic carbocycles. The van der Waals surface area contributed by atoms with Gasteiger partial charge in [-0.25, -0.2) is 0 Å². The first-order valence-corrected chi connectivity index (χ1v) is 12.0. The van der Waals surface area contributed by atoms with E-state index in [0.29, 0.717) is 24.7 Å². The molecule has 2 heterocycles. The minimum absolute atomic E-state index is 0.282. The molecule has 0 radical (unpaired) electrons. The molecule has 0 aromatic rings. The first-order valence-electron chi connectivity index (χ1n) is 6.82. The molecule has 1 spiro atoms. The first kappa shape index (κ1) is 15.1. The fraction of sp³-hybridized carbons (Fsp3) is 0.833. The van der Waals surface area contributed by atoms with E-state index in [-0.39, 0.29) is 24.0 Å². The van der Waals surface area contributed by atoms with Crippen LogP contribution >= 0.6 is 0 Å². The number of rotatable bonds is 4. The Morgan fingerprint density at radius 2 is 1.32 bits per heavy atom. The van der Waals surface area contributed by atoms with Gasteiger partial charge in [-0.05, 0) is 0 Å². The van der Waals surface area contributed by atoms with Gasteiger partial charge in [0.25, 0.3) is 0 Å². The van der Waals surface area contributed by atoms with Crippen LogP contribution in [0.15, 0.2) is 0 Å².